The molecule has 2 atom stereocenters. The molecule has 0 aromatic heterocycles. The van der Waals surface area contributed by atoms with Crippen LogP contribution in [0.25, 0.3) is 0 Å². The van der Waals surface area contributed by atoms with Gasteiger partial charge in [0.15, 0.2) is 0 Å². The maximum atomic E-state index is 9.57. The van der Waals surface area contributed by atoms with Crippen molar-refractivity contribution < 1.29 is 44.5 Å². The molecular weight excluding hydrogens is 817 g/mol. The Bertz CT molecular complexity index is 2340. The van der Waals surface area contributed by atoms with E-state index in [2.05, 4.69) is 58.9 Å². The number of phenolic OH excluding ortho intramolecular Hbond substituents is 5. The second kappa shape index (κ2) is 19.8. The molecule has 9 rings (SSSR count). The van der Waals surface area contributed by atoms with E-state index in [-0.39, 0.29) is 51.8 Å². The largest absolute Gasteiger partial charge is 0.508 e. The van der Waals surface area contributed by atoms with Crippen LogP contribution in [0.5, 0.6) is 40.2 Å². The average molecular weight is 875 g/mol. The fraction of sp³-hybridized carbons (Fsp3) is 0.250. The number of benzene rings is 7. The van der Waals surface area contributed by atoms with Gasteiger partial charge in [-0.2, -0.15) is 0 Å². The van der Waals surface area contributed by atoms with Gasteiger partial charge in [0.2, 0.25) is 0 Å². The van der Waals surface area contributed by atoms with E-state index >= 15 is 0 Å². The van der Waals surface area contributed by atoms with Crippen LogP contribution in [0.3, 0.4) is 0 Å². The van der Waals surface area contributed by atoms with Crippen molar-refractivity contribution in [1.29, 1.82) is 0 Å². The topological polar surface area (TPSA) is 145 Å². The lowest BCUT2D eigenvalue weighted by Crippen LogP contribution is -2.25. The molecular formula is C56H58O9. The number of ether oxygens (including phenoxy) is 4. The molecule has 9 nitrogen and oxygen atoms in total. The minimum atomic E-state index is -0.477. The first-order valence-electron chi connectivity index (χ1n) is 21.8. The fourth-order valence-corrected chi connectivity index (χ4v) is 7.62. The third-order valence-electron chi connectivity index (χ3n) is 12.3. The monoisotopic (exact) mass is 874 g/mol. The van der Waals surface area contributed by atoms with Gasteiger partial charge in [-0.25, -0.2) is 0 Å². The number of phenols is 5. The third kappa shape index (κ3) is 11.8. The van der Waals surface area contributed by atoms with Crippen molar-refractivity contribution in [3.63, 3.8) is 0 Å². The highest BCUT2D eigenvalue weighted by atomic mass is 16.6. The molecule has 2 aliphatic rings. The quantitative estimate of drug-likeness (QED) is 0.0565. The molecule has 336 valence electrons. The summed E-state index contributed by atoms with van der Waals surface area (Å²) in [6.45, 7) is 13.7. The lowest BCUT2D eigenvalue weighted by atomic mass is 9.71. The molecule has 0 bridgehead atoms. The molecule has 65 heavy (non-hydrogen) atoms. The van der Waals surface area contributed by atoms with Gasteiger partial charge < -0.3 is 44.5 Å². The van der Waals surface area contributed by atoms with Crippen molar-refractivity contribution >= 4 is 0 Å². The second-order valence-electron chi connectivity index (χ2n) is 17.7. The molecule has 7 aromatic carbocycles. The first-order chi connectivity index (χ1) is 31.1. The predicted molar refractivity (Wildman–Crippen MR) is 254 cm³/mol. The van der Waals surface area contributed by atoms with Crippen LogP contribution in [0.1, 0.15) is 73.6 Å². The first-order valence-corrected chi connectivity index (χ1v) is 21.8. The summed E-state index contributed by atoms with van der Waals surface area (Å²) in [4.78, 5) is 0. The normalized spacial score (nSPS) is 15.3. The minimum Gasteiger partial charge on any atom is -0.508 e. The molecule has 2 saturated heterocycles. The van der Waals surface area contributed by atoms with Crippen molar-refractivity contribution in [2.24, 2.45) is 0 Å². The van der Waals surface area contributed by atoms with Gasteiger partial charge in [0.1, 0.15) is 65.7 Å². The molecule has 2 fully saturated rings. The maximum absolute atomic E-state index is 9.57. The zero-order valence-electron chi connectivity index (χ0n) is 37.5. The Kier molecular flexibility index (Phi) is 14.1. The van der Waals surface area contributed by atoms with Crippen LogP contribution in [-0.4, -0.2) is 64.2 Å². The molecule has 5 N–H and O–H groups in total. The summed E-state index contributed by atoms with van der Waals surface area (Å²) in [5, 5.41) is 47.3. The zero-order chi connectivity index (χ0) is 46.2. The van der Waals surface area contributed by atoms with E-state index in [0.29, 0.717) is 13.2 Å². The highest BCUT2D eigenvalue weighted by Crippen LogP contribution is 2.41. The highest BCUT2D eigenvalue weighted by Gasteiger charge is 2.32. The summed E-state index contributed by atoms with van der Waals surface area (Å²) >= 11 is 0. The van der Waals surface area contributed by atoms with Gasteiger partial charge in [0.05, 0.1) is 13.2 Å². The van der Waals surface area contributed by atoms with E-state index in [1.165, 1.54) is 11.1 Å². The van der Waals surface area contributed by atoms with Gasteiger partial charge >= 0.3 is 0 Å². The maximum Gasteiger partial charge on any atom is 0.119 e. The van der Waals surface area contributed by atoms with Gasteiger partial charge in [-0.3, -0.25) is 0 Å². The Morgan fingerprint density at radius 3 is 0.769 bits per heavy atom. The van der Waals surface area contributed by atoms with Crippen LogP contribution in [0.4, 0.5) is 0 Å². The minimum absolute atomic E-state index is 0.0870. The van der Waals surface area contributed by atoms with Gasteiger partial charge in [-0.1, -0.05) is 113 Å². The molecule has 0 aliphatic carbocycles. The number of aromatic hydroxyl groups is 5. The van der Waals surface area contributed by atoms with Crippen molar-refractivity contribution in [3.05, 3.63) is 209 Å². The first kappa shape index (κ1) is 46.1. The van der Waals surface area contributed by atoms with Crippen molar-refractivity contribution in [1.82, 2.24) is 0 Å². The highest BCUT2D eigenvalue weighted by molar-refractivity contribution is 5.52. The molecule has 0 radical (unpaired) electrons. The van der Waals surface area contributed by atoms with Crippen LogP contribution in [0.15, 0.2) is 170 Å². The van der Waals surface area contributed by atoms with Crippen LogP contribution < -0.4 is 9.47 Å². The van der Waals surface area contributed by atoms with Gasteiger partial charge in [-0.15, -0.1) is 0 Å². The van der Waals surface area contributed by atoms with Crippen LogP contribution in [0.2, 0.25) is 0 Å². The van der Waals surface area contributed by atoms with Crippen LogP contribution >= 0.6 is 0 Å². The lowest BCUT2D eigenvalue weighted by Gasteiger charge is -2.32. The van der Waals surface area contributed by atoms with Crippen molar-refractivity contribution in [2.45, 2.75) is 63.1 Å². The van der Waals surface area contributed by atoms with Gasteiger partial charge in [-0.05, 0) is 131 Å². The number of rotatable bonds is 13. The molecule has 2 aliphatic heterocycles. The second-order valence-corrected chi connectivity index (χ2v) is 17.7. The van der Waals surface area contributed by atoms with E-state index in [0.717, 1.165) is 52.5 Å². The Labute approximate surface area is 381 Å². The van der Waals surface area contributed by atoms with Crippen LogP contribution in [-0.2, 0) is 25.7 Å². The number of hydrogen-bond donors (Lipinski definition) is 5. The van der Waals surface area contributed by atoms with Crippen molar-refractivity contribution in [2.75, 3.05) is 26.4 Å². The molecule has 0 saturated carbocycles. The fourth-order valence-electron chi connectivity index (χ4n) is 7.62. The standard InChI is InChI=1S/C21H24O4.C20H18O3.C15H16O2/c1-21(2,15-3-7-17(8-4-15)22-11-19-13-24-19)16-5-9-18(10-6-16)23-12-20-14-25-20;1-20(14-2-8-17(21)9-3-14,15-4-10-18(22)11-5-15)16-6-12-19(23)13-7-16;1-15(2,11-3-7-13(16)8-4-11)12-5-9-14(17)10-6-12/h3-10,19-20H,11-14H2,1-2H3;2-13,21-23H,1H3;3-10,16-17H,1-2H3. The average Bonchev–Trinajstić information content (AvgIpc) is 4.26. The molecule has 0 spiro atoms. The summed E-state index contributed by atoms with van der Waals surface area (Å²) in [5.41, 5.74) is 7.06. The molecule has 2 heterocycles. The van der Waals surface area contributed by atoms with E-state index in [9.17, 15) is 25.5 Å². The van der Waals surface area contributed by atoms with E-state index in [1.807, 2.05) is 84.9 Å². The third-order valence-corrected chi connectivity index (χ3v) is 12.3. The smallest absolute Gasteiger partial charge is 0.119 e. The summed E-state index contributed by atoms with van der Waals surface area (Å²) in [5.74, 6) is 2.97. The number of hydrogen-bond acceptors (Lipinski definition) is 9. The Morgan fingerprint density at radius 1 is 0.354 bits per heavy atom. The molecule has 2 unspecified atom stereocenters. The Balaban J connectivity index is 0.000000148. The van der Waals surface area contributed by atoms with Crippen LogP contribution in [0, 0.1) is 0 Å². The Hall–Kier alpha value is -6.94. The summed E-state index contributed by atoms with van der Waals surface area (Å²) in [7, 11) is 0. The molecule has 0 amide bonds. The summed E-state index contributed by atoms with van der Waals surface area (Å²) in [6, 6.07) is 52.4. The molecule has 9 heteroatoms. The van der Waals surface area contributed by atoms with E-state index in [4.69, 9.17) is 18.9 Å². The van der Waals surface area contributed by atoms with E-state index in [1.54, 1.807) is 60.7 Å². The van der Waals surface area contributed by atoms with Gasteiger partial charge in [0.25, 0.3) is 0 Å². The lowest BCUT2D eigenvalue weighted by molar-refractivity contribution is 0.263. The number of epoxide rings is 2. The van der Waals surface area contributed by atoms with E-state index < -0.39 is 5.41 Å². The molecule has 7 aromatic rings. The van der Waals surface area contributed by atoms with Gasteiger partial charge in [0, 0.05) is 16.2 Å². The van der Waals surface area contributed by atoms with Crippen molar-refractivity contribution in [3.8, 4) is 40.2 Å². The SMILES string of the molecule is CC(C)(c1ccc(O)cc1)c1ccc(O)cc1.CC(C)(c1ccc(OCC2CO2)cc1)c1ccc(OCC2CO2)cc1.CC(c1ccc(O)cc1)(c1ccc(O)cc1)c1ccc(O)cc1. The Morgan fingerprint density at radius 2 is 0.554 bits per heavy atom. The predicted octanol–water partition coefficient (Wildman–Crippen LogP) is 11.1. The summed E-state index contributed by atoms with van der Waals surface area (Å²) in [6.07, 6.45) is 0.562. The summed E-state index contributed by atoms with van der Waals surface area (Å²) < 4.78 is 21.8. The zero-order valence-corrected chi connectivity index (χ0v) is 37.5.